The van der Waals surface area contributed by atoms with Crippen molar-refractivity contribution in [1.82, 2.24) is 0 Å². The predicted molar refractivity (Wildman–Crippen MR) is 69.1 cm³/mol. The van der Waals surface area contributed by atoms with Crippen LogP contribution in [0.15, 0.2) is 0 Å². The summed E-state index contributed by atoms with van der Waals surface area (Å²) >= 11 is 0. The largest absolute Gasteiger partial charge is 0.0651 e. The van der Waals surface area contributed by atoms with Gasteiger partial charge in [-0.2, -0.15) is 0 Å². The molecule has 0 N–H and O–H groups in total. The molecular weight excluding hydrogens is 192 g/mol. The summed E-state index contributed by atoms with van der Waals surface area (Å²) in [5.41, 5.74) is 0.628. The van der Waals surface area contributed by atoms with Gasteiger partial charge in [-0.15, -0.1) is 0 Å². The third-order valence-electron chi connectivity index (χ3n) is 7.10. The van der Waals surface area contributed by atoms with E-state index >= 15 is 0 Å². The molecule has 0 aromatic rings. The first-order chi connectivity index (χ1) is 7.48. The summed E-state index contributed by atoms with van der Waals surface area (Å²) in [5.74, 6) is 7.35. The van der Waals surface area contributed by atoms with Gasteiger partial charge in [-0.05, 0) is 59.7 Å². The molecule has 0 radical (unpaired) electrons. The smallest absolute Gasteiger partial charge is 0.0295 e. The fourth-order valence-corrected chi connectivity index (χ4v) is 6.06. The Morgan fingerprint density at radius 3 is 2.38 bits per heavy atom. The van der Waals surface area contributed by atoms with Gasteiger partial charge in [-0.3, -0.25) is 0 Å². The van der Waals surface area contributed by atoms with Gasteiger partial charge in [0.2, 0.25) is 0 Å². The van der Waals surface area contributed by atoms with Gasteiger partial charge in [-0.25, -0.2) is 0 Å². The second-order valence-corrected chi connectivity index (χ2v) is 7.65. The molecule has 0 heteroatoms. The number of fused-ring (bicyclic) bond motifs is 5. The zero-order valence-electron chi connectivity index (χ0n) is 11.7. The lowest BCUT2D eigenvalue weighted by atomic mass is 9.60. The maximum atomic E-state index is 2.55. The first-order valence-electron chi connectivity index (χ1n) is 7.48. The summed E-state index contributed by atoms with van der Waals surface area (Å²) in [4.78, 5) is 0. The monoisotopic (exact) mass is 220 g/mol. The standard InChI is InChI=1S/C16H28/c1-6-11-7-9(2)14-13-8-12(15(11)14)10(3)16(13,4)5/h9-15H,6-8H2,1-5H3. The Balaban J connectivity index is 1.95. The van der Waals surface area contributed by atoms with Gasteiger partial charge in [0.15, 0.2) is 0 Å². The third-order valence-corrected chi connectivity index (χ3v) is 7.10. The lowest BCUT2D eigenvalue weighted by Crippen LogP contribution is -2.40. The van der Waals surface area contributed by atoms with Gasteiger partial charge in [0.1, 0.15) is 0 Å². The molecule has 3 aliphatic rings. The molecule has 0 amide bonds. The van der Waals surface area contributed by atoms with Crippen molar-refractivity contribution >= 4 is 0 Å². The Morgan fingerprint density at radius 1 is 1.06 bits per heavy atom. The maximum Gasteiger partial charge on any atom is -0.0295 e. The van der Waals surface area contributed by atoms with Gasteiger partial charge in [0, 0.05) is 0 Å². The van der Waals surface area contributed by atoms with Gasteiger partial charge < -0.3 is 0 Å². The SMILES string of the molecule is CCC1CC(C)C2C1C1CC2C(C)(C)C1C. The Kier molecular flexibility index (Phi) is 2.27. The van der Waals surface area contributed by atoms with Crippen molar-refractivity contribution in [3.8, 4) is 0 Å². The molecular formula is C16H28. The quantitative estimate of drug-likeness (QED) is 0.606. The van der Waals surface area contributed by atoms with Crippen LogP contribution in [0.4, 0.5) is 0 Å². The van der Waals surface area contributed by atoms with Gasteiger partial charge in [0.25, 0.3) is 0 Å². The highest BCUT2D eigenvalue weighted by atomic mass is 14.7. The Hall–Kier alpha value is 0. The molecule has 7 unspecified atom stereocenters. The zero-order valence-corrected chi connectivity index (χ0v) is 11.7. The Morgan fingerprint density at radius 2 is 1.75 bits per heavy atom. The lowest BCUT2D eigenvalue weighted by molar-refractivity contribution is 0.0303. The average molecular weight is 220 g/mol. The van der Waals surface area contributed by atoms with Crippen LogP contribution in [0.2, 0.25) is 0 Å². The van der Waals surface area contributed by atoms with Crippen LogP contribution in [0.3, 0.4) is 0 Å². The van der Waals surface area contributed by atoms with E-state index in [2.05, 4.69) is 34.6 Å². The molecule has 16 heavy (non-hydrogen) atoms. The van der Waals surface area contributed by atoms with Crippen molar-refractivity contribution in [3.05, 3.63) is 0 Å². The summed E-state index contributed by atoms with van der Waals surface area (Å²) in [5, 5.41) is 0. The minimum Gasteiger partial charge on any atom is -0.0651 e. The molecule has 0 aliphatic heterocycles. The Labute approximate surface area is 101 Å². The summed E-state index contributed by atoms with van der Waals surface area (Å²) in [7, 11) is 0. The molecule has 2 bridgehead atoms. The molecule has 3 saturated carbocycles. The fraction of sp³-hybridized carbons (Fsp3) is 1.00. The summed E-state index contributed by atoms with van der Waals surface area (Å²) in [6.45, 7) is 12.6. The van der Waals surface area contributed by atoms with Gasteiger partial charge >= 0.3 is 0 Å². The van der Waals surface area contributed by atoms with Crippen LogP contribution in [0.1, 0.15) is 53.9 Å². The zero-order chi connectivity index (χ0) is 11.7. The molecule has 0 nitrogen and oxygen atoms in total. The average Bonchev–Trinajstić information content (AvgIpc) is 2.81. The topological polar surface area (TPSA) is 0 Å². The highest BCUT2D eigenvalue weighted by Gasteiger charge is 2.64. The molecule has 3 rings (SSSR count). The van der Waals surface area contributed by atoms with Crippen LogP contribution in [0.25, 0.3) is 0 Å². The molecule has 3 aliphatic carbocycles. The summed E-state index contributed by atoms with van der Waals surface area (Å²) in [6.07, 6.45) is 4.52. The van der Waals surface area contributed by atoms with Gasteiger partial charge in [-0.1, -0.05) is 41.0 Å². The van der Waals surface area contributed by atoms with E-state index in [1.807, 2.05) is 0 Å². The van der Waals surface area contributed by atoms with E-state index in [9.17, 15) is 0 Å². The Bertz CT molecular complexity index is 290. The van der Waals surface area contributed by atoms with E-state index in [0.717, 1.165) is 41.4 Å². The second-order valence-electron chi connectivity index (χ2n) is 7.65. The second kappa shape index (κ2) is 3.27. The van der Waals surface area contributed by atoms with E-state index < -0.39 is 0 Å². The van der Waals surface area contributed by atoms with Crippen molar-refractivity contribution in [2.24, 2.45) is 46.8 Å². The van der Waals surface area contributed by atoms with Crippen molar-refractivity contribution in [2.45, 2.75) is 53.9 Å². The molecule has 0 aromatic heterocycles. The van der Waals surface area contributed by atoms with Crippen LogP contribution in [-0.2, 0) is 0 Å². The number of hydrogen-bond acceptors (Lipinski definition) is 0. The number of rotatable bonds is 1. The fourth-order valence-electron chi connectivity index (χ4n) is 6.06. The van der Waals surface area contributed by atoms with Crippen LogP contribution < -0.4 is 0 Å². The van der Waals surface area contributed by atoms with Gasteiger partial charge in [0.05, 0.1) is 0 Å². The normalized spacial score (nSPS) is 57.9. The van der Waals surface area contributed by atoms with Crippen molar-refractivity contribution in [2.75, 3.05) is 0 Å². The highest BCUT2D eigenvalue weighted by molar-refractivity contribution is 5.12. The molecule has 0 aromatic carbocycles. The van der Waals surface area contributed by atoms with Crippen LogP contribution in [0.5, 0.6) is 0 Å². The lowest BCUT2D eigenvalue weighted by Gasteiger charge is -2.45. The minimum absolute atomic E-state index is 0.628. The van der Waals surface area contributed by atoms with Crippen molar-refractivity contribution in [1.29, 1.82) is 0 Å². The highest BCUT2D eigenvalue weighted by Crippen LogP contribution is 2.70. The van der Waals surface area contributed by atoms with E-state index in [0.29, 0.717) is 5.41 Å². The third kappa shape index (κ3) is 1.12. The van der Waals surface area contributed by atoms with Crippen LogP contribution >= 0.6 is 0 Å². The molecule has 0 heterocycles. The molecule has 3 fully saturated rings. The molecule has 92 valence electrons. The van der Waals surface area contributed by atoms with Crippen molar-refractivity contribution < 1.29 is 0 Å². The molecule has 0 spiro atoms. The first kappa shape index (κ1) is 11.1. The maximum absolute atomic E-state index is 2.55. The number of hydrogen-bond donors (Lipinski definition) is 0. The van der Waals surface area contributed by atoms with Crippen LogP contribution in [-0.4, -0.2) is 0 Å². The minimum atomic E-state index is 0.628. The van der Waals surface area contributed by atoms with E-state index in [-0.39, 0.29) is 0 Å². The molecule has 0 saturated heterocycles. The summed E-state index contributed by atoms with van der Waals surface area (Å²) < 4.78 is 0. The molecule has 7 atom stereocenters. The summed E-state index contributed by atoms with van der Waals surface area (Å²) in [6, 6.07) is 0. The van der Waals surface area contributed by atoms with E-state index in [1.165, 1.54) is 12.8 Å². The van der Waals surface area contributed by atoms with Crippen LogP contribution in [0, 0.1) is 46.8 Å². The van der Waals surface area contributed by atoms with E-state index in [1.54, 1.807) is 6.42 Å². The first-order valence-corrected chi connectivity index (χ1v) is 7.48. The van der Waals surface area contributed by atoms with E-state index in [4.69, 9.17) is 0 Å². The van der Waals surface area contributed by atoms with Crippen molar-refractivity contribution in [3.63, 3.8) is 0 Å². The predicted octanol–water partition coefficient (Wildman–Crippen LogP) is 4.60.